The zero-order chi connectivity index (χ0) is 21.6. The van der Waals surface area contributed by atoms with Crippen LogP contribution in [0.5, 0.6) is 0 Å². The number of rotatable bonds is 5. The molecule has 0 bridgehead atoms. The zero-order valence-electron chi connectivity index (χ0n) is 17.6. The summed E-state index contributed by atoms with van der Waals surface area (Å²) in [5, 5.41) is 4.44. The SMILES string of the molecule is CCCc1nn(C)c2c(=O)[nH]c(-c3cc(S(=O)(=O)N4CCN(C)CC4)sc3C)nc12. The number of aromatic nitrogens is 4. The Morgan fingerprint density at radius 1 is 1.20 bits per heavy atom. The minimum Gasteiger partial charge on any atom is -0.305 e. The van der Waals surface area contributed by atoms with Crippen LogP contribution in [-0.4, -0.2) is 70.6 Å². The molecule has 4 heterocycles. The van der Waals surface area contributed by atoms with Crippen LogP contribution in [0, 0.1) is 6.92 Å². The lowest BCUT2D eigenvalue weighted by molar-refractivity contribution is 0.222. The molecule has 0 saturated carbocycles. The number of nitrogens with zero attached hydrogens (tertiary/aromatic N) is 5. The lowest BCUT2D eigenvalue weighted by atomic mass is 10.2. The first-order valence-electron chi connectivity index (χ1n) is 9.97. The number of hydrogen-bond donors (Lipinski definition) is 1. The van der Waals surface area contributed by atoms with Gasteiger partial charge in [-0.1, -0.05) is 13.3 Å². The molecule has 1 aliphatic rings. The smallest absolute Gasteiger partial charge is 0.277 e. The van der Waals surface area contributed by atoms with Gasteiger partial charge in [0.05, 0.1) is 5.69 Å². The molecular formula is C19H26N6O3S2. The molecule has 0 atom stereocenters. The number of hydrogen-bond acceptors (Lipinski definition) is 7. The van der Waals surface area contributed by atoms with E-state index in [0.717, 1.165) is 23.4 Å². The number of piperazine rings is 1. The van der Waals surface area contributed by atoms with Crippen LogP contribution in [0.15, 0.2) is 15.1 Å². The number of sulfonamides is 1. The molecule has 1 aliphatic heterocycles. The predicted molar refractivity (Wildman–Crippen MR) is 117 cm³/mol. The van der Waals surface area contributed by atoms with Crippen molar-refractivity contribution in [2.45, 2.75) is 30.9 Å². The Hall–Kier alpha value is -2.08. The summed E-state index contributed by atoms with van der Waals surface area (Å²) in [7, 11) is 0.146. The van der Waals surface area contributed by atoms with Crippen LogP contribution in [0.4, 0.5) is 0 Å². The highest BCUT2D eigenvalue weighted by atomic mass is 32.2. The molecule has 4 rings (SSSR count). The van der Waals surface area contributed by atoms with Gasteiger partial charge in [0.2, 0.25) is 0 Å². The minimum atomic E-state index is -3.57. The summed E-state index contributed by atoms with van der Waals surface area (Å²) in [5.41, 5.74) is 2.15. The lowest BCUT2D eigenvalue weighted by Crippen LogP contribution is -2.46. The van der Waals surface area contributed by atoms with E-state index in [2.05, 4.69) is 20.0 Å². The van der Waals surface area contributed by atoms with Gasteiger partial charge in [-0.3, -0.25) is 9.48 Å². The molecule has 162 valence electrons. The van der Waals surface area contributed by atoms with Gasteiger partial charge in [-0.25, -0.2) is 13.4 Å². The van der Waals surface area contributed by atoms with E-state index in [0.29, 0.717) is 48.6 Å². The van der Waals surface area contributed by atoms with E-state index in [1.54, 1.807) is 17.8 Å². The van der Waals surface area contributed by atoms with Crippen LogP contribution >= 0.6 is 11.3 Å². The van der Waals surface area contributed by atoms with Gasteiger partial charge in [0.1, 0.15) is 15.6 Å². The van der Waals surface area contributed by atoms with E-state index in [9.17, 15) is 13.2 Å². The van der Waals surface area contributed by atoms with Crippen LogP contribution < -0.4 is 5.56 Å². The molecule has 9 nitrogen and oxygen atoms in total. The Morgan fingerprint density at radius 3 is 2.57 bits per heavy atom. The van der Waals surface area contributed by atoms with Crippen molar-refractivity contribution in [1.82, 2.24) is 29.0 Å². The molecule has 1 N–H and O–H groups in total. The van der Waals surface area contributed by atoms with Crippen molar-refractivity contribution >= 4 is 32.4 Å². The Morgan fingerprint density at radius 2 is 1.90 bits per heavy atom. The number of H-pyrrole nitrogens is 1. The fourth-order valence-corrected chi connectivity index (χ4v) is 6.77. The molecule has 0 amide bonds. The molecule has 30 heavy (non-hydrogen) atoms. The zero-order valence-corrected chi connectivity index (χ0v) is 19.2. The topological polar surface area (TPSA) is 104 Å². The van der Waals surface area contributed by atoms with Crippen molar-refractivity contribution < 1.29 is 8.42 Å². The largest absolute Gasteiger partial charge is 0.305 e. The summed E-state index contributed by atoms with van der Waals surface area (Å²) in [6.45, 7) is 6.27. The van der Waals surface area contributed by atoms with Gasteiger partial charge >= 0.3 is 0 Å². The van der Waals surface area contributed by atoms with Gasteiger partial charge in [0, 0.05) is 43.7 Å². The van der Waals surface area contributed by atoms with E-state index in [-0.39, 0.29) is 9.77 Å². The maximum absolute atomic E-state index is 13.1. The molecule has 0 unspecified atom stereocenters. The van der Waals surface area contributed by atoms with Gasteiger partial charge in [-0.15, -0.1) is 11.3 Å². The van der Waals surface area contributed by atoms with E-state index >= 15 is 0 Å². The number of nitrogens with one attached hydrogen (secondary N) is 1. The fraction of sp³-hybridized carbons (Fsp3) is 0.526. The maximum atomic E-state index is 13.1. The normalized spacial score (nSPS) is 16.5. The number of aryl methyl sites for hydroxylation is 3. The van der Waals surface area contributed by atoms with Gasteiger partial charge in [0.25, 0.3) is 15.6 Å². The van der Waals surface area contributed by atoms with E-state index in [4.69, 9.17) is 0 Å². The second kappa shape index (κ2) is 7.88. The molecule has 3 aromatic rings. The van der Waals surface area contributed by atoms with Crippen LogP contribution in [0.3, 0.4) is 0 Å². The standard InChI is InChI=1S/C19H26N6O3S2/c1-5-6-14-16-17(24(4)22-14)19(26)21-18(20-16)13-11-15(29-12(13)2)30(27,28)25-9-7-23(3)8-10-25/h11H,5-10H2,1-4H3,(H,20,21,26). The Bertz CT molecular complexity index is 1250. The average molecular weight is 451 g/mol. The van der Waals surface area contributed by atoms with Crippen LogP contribution in [-0.2, 0) is 23.5 Å². The van der Waals surface area contributed by atoms with Crippen molar-refractivity contribution in [2.24, 2.45) is 7.05 Å². The van der Waals surface area contributed by atoms with E-state index in [1.807, 2.05) is 20.9 Å². The maximum Gasteiger partial charge on any atom is 0.277 e. The Labute approximate surface area is 179 Å². The summed E-state index contributed by atoms with van der Waals surface area (Å²) in [4.78, 5) is 23.1. The first kappa shape index (κ1) is 21.2. The quantitative estimate of drug-likeness (QED) is 0.633. The van der Waals surface area contributed by atoms with Crippen LogP contribution in [0.1, 0.15) is 23.9 Å². The first-order chi connectivity index (χ1) is 14.2. The van der Waals surface area contributed by atoms with E-state index in [1.165, 1.54) is 15.6 Å². The second-order valence-corrected chi connectivity index (χ2v) is 11.1. The van der Waals surface area contributed by atoms with Gasteiger partial charge < -0.3 is 9.88 Å². The van der Waals surface area contributed by atoms with Gasteiger partial charge in [0.15, 0.2) is 5.52 Å². The Balaban J connectivity index is 1.77. The summed E-state index contributed by atoms with van der Waals surface area (Å²) in [6, 6.07) is 1.63. The molecule has 3 aromatic heterocycles. The van der Waals surface area contributed by atoms with Crippen molar-refractivity contribution in [1.29, 1.82) is 0 Å². The van der Waals surface area contributed by atoms with E-state index < -0.39 is 10.0 Å². The fourth-order valence-electron chi connectivity index (χ4n) is 3.75. The third-order valence-corrected chi connectivity index (χ3v) is 8.85. The minimum absolute atomic E-state index is 0.276. The molecule has 11 heteroatoms. The van der Waals surface area contributed by atoms with Crippen LogP contribution in [0.2, 0.25) is 0 Å². The highest BCUT2D eigenvalue weighted by molar-refractivity contribution is 7.91. The highest BCUT2D eigenvalue weighted by Crippen LogP contribution is 2.34. The molecule has 0 spiro atoms. The molecule has 0 aromatic carbocycles. The van der Waals surface area contributed by atoms with Crippen molar-refractivity contribution in [3.05, 3.63) is 27.0 Å². The number of fused-ring (bicyclic) bond motifs is 1. The number of likely N-dealkylation sites (N-methyl/N-ethyl adjacent to an activating group) is 1. The summed E-state index contributed by atoms with van der Waals surface area (Å²) in [5.74, 6) is 0.381. The van der Waals surface area contributed by atoms with Crippen molar-refractivity contribution in [2.75, 3.05) is 33.2 Å². The van der Waals surface area contributed by atoms with Crippen LogP contribution in [0.25, 0.3) is 22.4 Å². The second-order valence-electron chi connectivity index (χ2n) is 7.67. The first-order valence-corrected chi connectivity index (χ1v) is 12.2. The lowest BCUT2D eigenvalue weighted by Gasteiger charge is -2.31. The molecular weight excluding hydrogens is 424 g/mol. The average Bonchev–Trinajstić information content (AvgIpc) is 3.23. The molecule has 0 aliphatic carbocycles. The third-order valence-electron chi connectivity index (χ3n) is 5.46. The monoisotopic (exact) mass is 450 g/mol. The molecule has 1 saturated heterocycles. The molecule has 0 radical (unpaired) electrons. The van der Waals surface area contributed by atoms with Crippen molar-refractivity contribution in [3.63, 3.8) is 0 Å². The third kappa shape index (κ3) is 3.59. The molecule has 1 fully saturated rings. The predicted octanol–water partition coefficient (Wildman–Crippen LogP) is 1.58. The Kier molecular flexibility index (Phi) is 5.56. The summed E-state index contributed by atoms with van der Waals surface area (Å²) >= 11 is 1.22. The van der Waals surface area contributed by atoms with Gasteiger partial charge in [-0.2, -0.15) is 9.40 Å². The number of thiophene rings is 1. The van der Waals surface area contributed by atoms with Gasteiger partial charge in [-0.05, 0) is 26.5 Å². The number of aromatic amines is 1. The van der Waals surface area contributed by atoms with Crippen molar-refractivity contribution in [3.8, 4) is 11.4 Å². The summed E-state index contributed by atoms with van der Waals surface area (Å²) in [6.07, 6.45) is 1.61. The summed E-state index contributed by atoms with van der Waals surface area (Å²) < 4.78 is 29.6. The highest BCUT2D eigenvalue weighted by Gasteiger charge is 2.30.